The second kappa shape index (κ2) is 7.82. The maximum atomic E-state index is 14.9. The maximum absolute atomic E-state index is 14.9. The van der Waals surface area contributed by atoms with Crippen LogP contribution in [0, 0.1) is 17.3 Å². The number of carbonyl (C=O) groups excluding carboxylic acids is 2. The van der Waals surface area contributed by atoms with Crippen LogP contribution in [-0.2, 0) is 4.79 Å². The maximum Gasteiger partial charge on any atom is 0.456 e. The number of aliphatic hydroxyl groups is 1. The minimum Gasteiger partial charge on any atom is -0.383 e. The molecule has 2 fully saturated rings. The Bertz CT molecular complexity index is 1130. The van der Waals surface area contributed by atoms with Gasteiger partial charge in [0.15, 0.2) is 5.78 Å². The summed E-state index contributed by atoms with van der Waals surface area (Å²) in [7, 11) is 0. The molecule has 1 N–H and O–H groups in total. The third-order valence-corrected chi connectivity index (χ3v) is 9.24. The van der Waals surface area contributed by atoms with Gasteiger partial charge in [0.1, 0.15) is 11.9 Å². The van der Waals surface area contributed by atoms with Crippen LogP contribution in [0.15, 0.2) is 47.1 Å². The minimum absolute atomic E-state index is 0.0374. The molecule has 4 aliphatic rings. The van der Waals surface area contributed by atoms with Crippen molar-refractivity contribution in [3.63, 3.8) is 0 Å². The zero-order valence-corrected chi connectivity index (χ0v) is 19.3. The summed E-state index contributed by atoms with van der Waals surface area (Å²) >= 11 is 0. The van der Waals surface area contributed by atoms with Gasteiger partial charge in [-0.05, 0) is 73.1 Å². The van der Waals surface area contributed by atoms with Gasteiger partial charge in [0.05, 0.1) is 0 Å². The molecule has 8 heteroatoms. The van der Waals surface area contributed by atoms with Crippen LogP contribution >= 0.6 is 0 Å². The average molecular weight is 495 g/mol. The van der Waals surface area contributed by atoms with Crippen LogP contribution < -0.4 is 0 Å². The average Bonchev–Trinajstić information content (AvgIpc) is 3.09. The van der Waals surface area contributed by atoms with Crippen molar-refractivity contribution in [2.45, 2.75) is 75.5 Å². The Morgan fingerprint density at radius 3 is 2.34 bits per heavy atom. The first-order valence-corrected chi connectivity index (χ1v) is 12.0. The van der Waals surface area contributed by atoms with Crippen LogP contribution in [0.2, 0.25) is 0 Å². The van der Waals surface area contributed by atoms with Crippen molar-refractivity contribution >= 4 is 12.1 Å². The summed E-state index contributed by atoms with van der Waals surface area (Å²) in [6, 6.07) is 6.63. The molecule has 2 saturated carbocycles. The van der Waals surface area contributed by atoms with Crippen molar-refractivity contribution in [3.8, 4) is 0 Å². The number of ketones is 1. The van der Waals surface area contributed by atoms with Gasteiger partial charge in [-0.1, -0.05) is 36.8 Å². The fraction of sp³-hybridized carbons (Fsp3) is 0.556. The highest BCUT2D eigenvalue weighted by molar-refractivity contribution is 5.93. The lowest BCUT2D eigenvalue weighted by Crippen LogP contribution is -2.65. The van der Waals surface area contributed by atoms with E-state index in [-0.39, 0.29) is 24.5 Å². The van der Waals surface area contributed by atoms with Crippen LogP contribution in [0.5, 0.6) is 0 Å². The topological polar surface area (TPSA) is 54.4 Å². The molecule has 188 valence electrons. The second-order valence-electron chi connectivity index (χ2n) is 10.8. The number of halogens is 5. The van der Waals surface area contributed by atoms with Gasteiger partial charge >= 0.3 is 12.1 Å². The number of aldehydes is 1. The fourth-order valence-corrected chi connectivity index (χ4v) is 7.52. The summed E-state index contributed by atoms with van der Waals surface area (Å²) in [5.74, 6) is -6.51. The van der Waals surface area contributed by atoms with E-state index >= 15 is 0 Å². The SMILES string of the molecule is C[C@]12C[C@H](c3ccc(C=O)cc3)C3=C4CCC(=O)C=C4CCC3C1CC[C@@]2(O)C(F)(F)C(F)(F)F. The van der Waals surface area contributed by atoms with Gasteiger partial charge in [0.25, 0.3) is 0 Å². The lowest BCUT2D eigenvalue weighted by molar-refractivity contribution is -0.362. The fourth-order valence-electron chi connectivity index (χ4n) is 7.52. The Balaban J connectivity index is 1.69. The largest absolute Gasteiger partial charge is 0.456 e. The van der Waals surface area contributed by atoms with Crippen molar-refractivity contribution in [2.24, 2.45) is 17.3 Å². The van der Waals surface area contributed by atoms with E-state index in [0.717, 1.165) is 16.7 Å². The third kappa shape index (κ3) is 3.31. The standard InChI is InChI=1S/C27H27F5O3/c1-24-13-21(16-4-2-15(14-33)3-5-16)23-19-9-7-18(34)12-17(19)6-8-20(23)22(24)10-11-25(24,35)26(28,29)27(30,31)32/h2-5,12,14,20-22,35H,6-11,13H2,1H3/t20?,21-,22?,24+,25+/m1/s1. The molecule has 1 aromatic carbocycles. The quantitative estimate of drug-likeness (QED) is 0.395. The first-order chi connectivity index (χ1) is 16.3. The monoisotopic (exact) mass is 494 g/mol. The predicted molar refractivity (Wildman–Crippen MR) is 118 cm³/mol. The number of hydrogen-bond donors (Lipinski definition) is 1. The Morgan fingerprint density at radius 1 is 1.03 bits per heavy atom. The molecule has 0 aliphatic heterocycles. The van der Waals surface area contributed by atoms with E-state index in [0.29, 0.717) is 43.1 Å². The molecule has 0 bridgehead atoms. The summed E-state index contributed by atoms with van der Waals surface area (Å²) in [5, 5.41) is 11.2. The first-order valence-electron chi connectivity index (χ1n) is 12.0. The summed E-state index contributed by atoms with van der Waals surface area (Å²) in [4.78, 5) is 23.2. The summed E-state index contributed by atoms with van der Waals surface area (Å²) in [5.41, 5.74) is -0.804. The van der Waals surface area contributed by atoms with Gasteiger partial charge in [0, 0.05) is 23.3 Å². The summed E-state index contributed by atoms with van der Waals surface area (Å²) in [6.07, 6.45) is -2.21. The van der Waals surface area contributed by atoms with E-state index in [1.807, 2.05) is 0 Å². The minimum atomic E-state index is -5.87. The molecule has 0 saturated heterocycles. The molecular formula is C27H27F5O3. The number of allylic oxidation sites excluding steroid dienone is 4. The van der Waals surface area contributed by atoms with Gasteiger partial charge in [-0.25, -0.2) is 0 Å². The van der Waals surface area contributed by atoms with Crippen LogP contribution in [0.1, 0.15) is 73.7 Å². The number of benzene rings is 1. The number of alkyl halides is 5. The first kappa shape index (κ1) is 24.3. The summed E-state index contributed by atoms with van der Waals surface area (Å²) in [6.45, 7) is 1.40. The molecular weight excluding hydrogens is 467 g/mol. The Morgan fingerprint density at radius 2 is 1.71 bits per heavy atom. The lowest BCUT2D eigenvalue weighted by atomic mass is 9.50. The van der Waals surface area contributed by atoms with Gasteiger partial charge < -0.3 is 5.11 Å². The van der Waals surface area contributed by atoms with Gasteiger partial charge in [-0.15, -0.1) is 0 Å². The number of fused-ring (bicyclic) bond motifs is 4. The van der Waals surface area contributed by atoms with E-state index in [2.05, 4.69) is 0 Å². The van der Waals surface area contributed by atoms with Crippen molar-refractivity contribution < 1.29 is 36.6 Å². The lowest BCUT2D eigenvalue weighted by Gasteiger charge is -2.56. The molecule has 3 nitrogen and oxygen atoms in total. The molecule has 0 spiro atoms. The second-order valence-corrected chi connectivity index (χ2v) is 10.8. The Labute approximate surface area is 200 Å². The number of carbonyl (C=O) groups is 2. The Hall–Kier alpha value is -2.35. The van der Waals surface area contributed by atoms with Crippen molar-refractivity contribution in [1.82, 2.24) is 0 Å². The zero-order valence-electron chi connectivity index (χ0n) is 19.3. The molecule has 0 aromatic heterocycles. The van der Waals surface area contributed by atoms with Crippen molar-refractivity contribution in [1.29, 1.82) is 0 Å². The molecule has 5 atom stereocenters. The molecule has 2 unspecified atom stereocenters. The molecule has 35 heavy (non-hydrogen) atoms. The van der Waals surface area contributed by atoms with Gasteiger partial charge in [-0.3, -0.25) is 9.59 Å². The molecule has 0 heterocycles. The summed E-state index contributed by atoms with van der Waals surface area (Å²) < 4.78 is 70.5. The highest BCUT2D eigenvalue weighted by Gasteiger charge is 2.79. The normalized spacial score (nSPS) is 35.2. The highest BCUT2D eigenvalue weighted by Crippen LogP contribution is 2.70. The highest BCUT2D eigenvalue weighted by atomic mass is 19.4. The van der Waals surface area contributed by atoms with Crippen LogP contribution in [-0.4, -0.2) is 34.9 Å². The van der Waals surface area contributed by atoms with E-state index < -0.39 is 41.4 Å². The number of rotatable bonds is 3. The Kier molecular flexibility index (Phi) is 5.44. The predicted octanol–water partition coefficient (Wildman–Crippen LogP) is 6.33. The van der Waals surface area contributed by atoms with Crippen LogP contribution in [0.25, 0.3) is 0 Å². The van der Waals surface area contributed by atoms with Crippen LogP contribution in [0.3, 0.4) is 0 Å². The van der Waals surface area contributed by atoms with Crippen molar-refractivity contribution in [2.75, 3.05) is 0 Å². The van der Waals surface area contributed by atoms with E-state index in [1.54, 1.807) is 30.3 Å². The molecule has 1 aromatic rings. The van der Waals surface area contributed by atoms with E-state index in [9.17, 15) is 36.6 Å². The van der Waals surface area contributed by atoms with Crippen molar-refractivity contribution in [3.05, 3.63) is 58.2 Å². The van der Waals surface area contributed by atoms with Gasteiger partial charge in [0.2, 0.25) is 0 Å². The molecule has 4 aliphatic carbocycles. The molecule has 0 radical (unpaired) electrons. The van der Waals surface area contributed by atoms with Crippen LogP contribution in [0.4, 0.5) is 22.0 Å². The zero-order chi connectivity index (χ0) is 25.4. The van der Waals surface area contributed by atoms with Gasteiger partial charge in [-0.2, -0.15) is 22.0 Å². The smallest absolute Gasteiger partial charge is 0.383 e. The van der Waals surface area contributed by atoms with E-state index in [1.165, 1.54) is 6.92 Å². The van der Waals surface area contributed by atoms with E-state index in [4.69, 9.17) is 0 Å². The third-order valence-electron chi connectivity index (χ3n) is 9.24. The number of hydrogen-bond acceptors (Lipinski definition) is 3. The molecule has 0 amide bonds. The molecule has 5 rings (SSSR count).